The summed E-state index contributed by atoms with van der Waals surface area (Å²) in [5.74, 6) is 2.60. The summed E-state index contributed by atoms with van der Waals surface area (Å²) >= 11 is 6.87. The molecule has 20 heavy (non-hydrogen) atoms. The lowest BCUT2D eigenvalue weighted by Crippen LogP contribution is -1.93. The molecular weight excluding hydrogens is 390 g/mol. The largest absolute Gasteiger partial charge is 0.497 e. The zero-order valence-corrected chi connectivity index (χ0v) is 14.1. The van der Waals surface area contributed by atoms with Crippen molar-refractivity contribution >= 4 is 37.5 Å². The molecule has 0 saturated carbocycles. The molecule has 0 aromatic heterocycles. The quantitative estimate of drug-likeness (QED) is 0.759. The maximum atomic E-state index is 5.82. The fourth-order valence-corrected chi connectivity index (χ4v) is 2.53. The average molecular weight is 403 g/mol. The normalized spacial score (nSPS) is 10.2. The van der Waals surface area contributed by atoms with E-state index in [9.17, 15) is 0 Å². The molecule has 6 heteroatoms. The summed E-state index contributed by atoms with van der Waals surface area (Å²) < 4.78 is 17.8. The van der Waals surface area contributed by atoms with Crippen molar-refractivity contribution in [1.82, 2.24) is 0 Å². The first kappa shape index (κ1) is 15.0. The zero-order valence-electron chi connectivity index (χ0n) is 10.9. The summed E-state index contributed by atoms with van der Waals surface area (Å²) in [6.07, 6.45) is 0. The number of nitrogens with two attached hydrogens (primary N) is 1. The summed E-state index contributed by atoms with van der Waals surface area (Å²) in [6.45, 7) is 0. The molecule has 0 fully saturated rings. The maximum absolute atomic E-state index is 5.82. The van der Waals surface area contributed by atoms with Crippen LogP contribution in [0.15, 0.2) is 39.3 Å². The van der Waals surface area contributed by atoms with Crippen LogP contribution in [0.3, 0.4) is 0 Å². The average Bonchev–Trinajstić information content (AvgIpc) is 2.41. The Hall–Kier alpha value is -1.40. The predicted molar refractivity (Wildman–Crippen MR) is 85.9 cm³/mol. The van der Waals surface area contributed by atoms with E-state index in [0.29, 0.717) is 22.9 Å². The van der Waals surface area contributed by atoms with Gasteiger partial charge in [0.1, 0.15) is 23.0 Å². The number of hydrogen-bond acceptors (Lipinski definition) is 4. The molecule has 0 spiro atoms. The molecule has 4 nitrogen and oxygen atoms in total. The van der Waals surface area contributed by atoms with E-state index in [-0.39, 0.29) is 0 Å². The van der Waals surface area contributed by atoms with E-state index in [1.807, 2.05) is 12.1 Å². The van der Waals surface area contributed by atoms with Crippen LogP contribution in [-0.4, -0.2) is 14.2 Å². The number of benzene rings is 2. The van der Waals surface area contributed by atoms with Crippen LogP contribution in [0.2, 0.25) is 0 Å². The highest BCUT2D eigenvalue weighted by Gasteiger charge is 2.10. The molecule has 106 valence electrons. The van der Waals surface area contributed by atoms with E-state index >= 15 is 0 Å². The molecule has 2 N–H and O–H groups in total. The number of halogens is 2. The highest BCUT2D eigenvalue weighted by Crippen LogP contribution is 2.39. The molecule has 0 atom stereocenters. The Kier molecular flexibility index (Phi) is 4.77. The molecule has 0 heterocycles. The van der Waals surface area contributed by atoms with Crippen LogP contribution in [0, 0.1) is 0 Å². The first-order valence-electron chi connectivity index (χ1n) is 5.69. The molecule has 0 unspecified atom stereocenters. The van der Waals surface area contributed by atoms with Gasteiger partial charge in [-0.25, -0.2) is 0 Å². The van der Waals surface area contributed by atoms with E-state index in [1.165, 1.54) is 0 Å². The number of hydrogen-bond donors (Lipinski definition) is 1. The van der Waals surface area contributed by atoms with E-state index in [0.717, 1.165) is 14.7 Å². The predicted octanol–water partition coefficient (Wildman–Crippen LogP) is 4.60. The van der Waals surface area contributed by atoms with Crippen LogP contribution in [0.5, 0.6) is 23.0 Å². The second kappa shape index (κ2) is 6.37. The Balaban J connectivity index is 2.35. The van der Waals surface area contributed by atoms with Crippen molar-refractivity contribution < 1.29 is 14.2 Å². The highest BCUT2D eigenvalue weighted by atomic mass is 79.9. The molecule has 0 aliphatic carbocycles. The minimum atomic E-state index is 0.572. The monoisotopic (exact) mass is 401 g/mol. The standard InChI is InChI=1S/C14H13Br2NO3/c1-18-9-3-8(17)4-10(5-9)20-14-7-11(15)13(19-2)6-12(14)16/h3-7H,17H2,1-2H3. The van der Waals surface area contributed by atoms with Crippen molar-refractivity contribution in [2.45, 2.75) is 0 Å². The molecule has 0 amide bonds. The minimum absolute atomic E-state index is 0.572. The van der Waals surface area contributed by atoms with Crippen molar-refractivity contribution in [3.8, 4) is 23.0 Å². The van der Waals surface area contributed by atoms with Gasteiger partial charge in [-0.1, -0.05) is 0 Å². The van der Waals surface area contributed by atoms with Gasteiger partial charge in [-0.05, 0) is 44.0 Å². The Bertz CT molecular complexity index is 632. The van der Waals surface area contributed by atoms with Gasteiger partial charge in [0.25, 0.3) is 0 Å². The molecule has 0 aliphatic rings. The Morgan fingerprint density at radius 1 is 0.800 bits per heavy atom. The van der Waals surface area contributed by atoms with Crippen molar-refractivity contribution in [3.05, 3.63) is 39.3 Å². The molecule has 2 rings (SSSR count). The lowest BCUT2D eigenvalue weighted by Gasteiger charge is -2.12. The van der Waals surface area contributed by atoms with Crippen LogP contribution >= 0.6 is 31.9 Å². The fourth-order valence-electron chi connectivity index (χ4n) is 1.64. The number of nitrogen functional groups attached to an aromatic ring is 1. The summed E-state index contributed by atoms with van der Waals surface area (Å²) in [5.41, 5.74) is 6.37. The van der Waals surface area contributed by atoms with Gasteiger partial charge < -0.3 is 19.9 Å². The maximum Gasteiger partial charge on any atom is 0.143 e. The summed E-state index contributed by atoms with van der Waals surface area (Å²) in [7, 11) is 3.19. The number of rotatable bonds is 4. The van der Waals surface area contributed by atoms with Crippen molar-refractivity contribution in [2.75, 3.05) is 20.0 Å². The van der Waals surface area contributed by atoms with Crippen molar-refractivity contribution in [2.24, 2.45) is 0 Å². The van der Waals surface area contributed by atoms with E-state index < -0.39 is 0 Å². The Labute approximate surface area is 134 Å². The lowest BCUT2D eigenvalue weighted by atomic mass is 10.3. The molecular formula is C14H13Br2NO3. The van der Waals surface area contributed by atoms with Gasteiger partial charge in [0, 0.05) is 23.9 Å². The topological polar surface area (TPSA) is 53.7 Å². The van der Waals surface area contributed by atoms with Crippen LogP contribution in [-0.2, 0) is 0 Å². The van der Waals surface area contributed by atoms with Gasteiger partial charge >= 0.3 is 0 Å². The Morgan fingerprint density at radius 2 is 1.40 bits per heavy atom. The molecule has 2 aromatic rings. The summed E-state index contributed by atoms with van der Waals surface area (Å²) in [6, 6.07) is 8.86. The van der Waals surface area contributed by atoms with Gasteiger partial charge in [-0.3, -0.25) is 0 Å². The van der Waals surface area contributed by atoms with Crippen LogP contribution in [0.25, 0.3) is 0 Å². The van der Waals surface area contributed by atoms with E-state index in [1.54, 1.807) is 32.4 Å². The number of anilines is 1. The Morgan fingerprint density at radius 3 is 2.05 bits per heavy atom. The SMILES string of the molecule is COc1cc(N)cc(Oc2cc(Br)c(OC)cc2Br)c1. The number of methoxy groups -OCH3 is 2. The van der Waals surface area contributed by atoms with E-state index in [4.69, 9.17) is 19.9 Å². The van der Waals surface area contributed by atoms with Crippen molar-refractivity contribution in [1.29, 1.82) is 0 Å². The molecule has 2 aromatic carbocycles. The first-order valence-corrected chi connectivity index (χ1v) is 7.27. The van der Waals surface area contributed by atoms with Crippen LogP contribution < -0.4 is 19.9 Å². The second-order valence-corrected chi connectivity index (χ2v) is 5.67. The van der Waals surface area contributed by atoms with E-state index in [2.05, 4.69) is 31.9 Å². The lowest BCUT2D eigenvalue weighted by molar-refractivity contribution is 0.405. The minimum Gasteiger partial charge on any atom is -0.497 e. The fraction of sp³-hybridized carbons (Fsp3) is 0.143. The van der Waals surface area contributed by atoms with Gasteiger partial charge in [-0.15, -0.1) is 0 Å². The highest BCUT2D eigenvalue weighted by molar-refractivity contribution is 9.11. The summed E-state index contributed by atoms with van der Waals surface area (Å²) in [5, 5.41) is 0. The van der Waals surface area contributed by atoms with Gasteiger partial charge in [0.05, 0.1) is 23.2 Å². The molecule has 0 bridgehead atoms. The first-order chi connectivity index (χ1) is 9.53. The van der Waals surface area contributed by atoms with Gasteiger partial charge in [0.15, 0.2) is 0 Å². The van der Waals surface area contributed by atoms with Crippen LogP contribution in [0.1, 0.15) is 0 Å². The molecule has 0 saturated heterocycles. The smallest absolute Gasteiger partial charge is 0.143 e. The third kappa shape index (κ3) is 3.37. The third-order valence-corrected chi connectivity index (χ3v) is 3.81. The second-order valence-electron chi connectivity index (χ2n) is 3.96. The molecule has 0 aliphatic heterocycles. The van der Waals surface area contributed by atoms with Gasteiger partial charge in [-0.2, -0.15) is 0 Å². The van der Waals surface area contributed by atoms with Crippen LogP contribution in [0.4, 0.5) is 5.69 Å². The van der Waals surface area contributed by atoms with Gasteiger partial charge in [0.2, 0.25) is 0 Å². The third-order valence-electron chi connectivity index (χ3n) is 2.57. The molecule has 0 radical (unpaired) electrons. The van der Waals surface area contributed by atoms with Crippen molar-refractivity contribution in [3.63, 3.8) is 0 Å². The summed E-state index contributed by atoms with van der Waals surface area (Å²) in [4.78, 5) is 0. The zero-order chi connectivity index (χ0) is 14.7. The number of ether oxygens (including phenoxy) is 3.